The Labute approximate surface area is 195 Å². The molecule has 3 rings (SSSR count). The molecule has 0 spiro atoms. The van der Waals surface area contributed by atoms with Crippen molar-refractivity contribution in [2.75, 3.05) is 33.9 Å². The highest BCUT2D eigenvalue weighted by atomic mass is 127. The molecule has 0 saturated carbocycles. The smallest absolute Gasteiger partial charge is 0.191 e. The van der Waals surface area contributed by atoms with E-state index in [1.807, 2.05) is 30.5 Å². The Morgan fingerprint density at radius 2 is 1.79 bits per heavy atom. The van der Waals surface area contributed by atoms with Crippen molar-refractivity contribution in [3.63, 3.8) is 0 Å². The van der Waals surface area contributed by atoms with Crippen molar-refractivity contribution in [3.8, 4) is 5.75 Å². The van der Waals surface area contributed by atoms with Gasteiger partial charge in [-0.05, 0) is 49.1 Å². The Morgan fingerprint density at radius 3 is 2.38 bits per heavy atom. The van der Waals surface area contributed by atoms with Crippen molar-refractivity contribution in [1.29, 1.82) is 0 Å². The van der Waals surface area contributed by atoms with Gasteiger partial charge in [0.2, 0.25) is 0 Å². The van der Waals surface area contributed by atoms with Gasteiger partial charge in [-0.3, -0.25) is 4.99 Å². The van der Waals surface area contributed by atoms with E-state index in [4.69, 9.17) is 9.47 Å². The summed E-state index contributed by atoms with van der Waals surface area (Å²) in [6.45, 7) is 5.38. The van der Waals surface area contributed by atoms with Crippen molar-refractivity contribution in [3.05, 3.63) is 51.7 Å². The number of rotatable bonds is 7. The van der Waals surface area contributed by atoms with Gasteiger partial charge >= 0.3 is 0 Å². The van der Waals surface area contributed by atoms with Gasteiger partial charge in [-0.2, -0.15) is 0 Å². The Morgan fingerprint density at radius 1 is 1.10 bits per heavy atom. The zero-order valence-electron chi connectivity index (χ0n) is 17.5. The van der Waals surface area contributed by atoms with E-state index in [9.17, 15) is 0 Å². The van der Waals surface area contributed by atoms with Gasteiger partial charge in [0.1, 0.15) is 5.75 Å². The number of aliphatic imine (C=N–C) groups is 1. The highest BCUT2D eigenvalue weighted by Gasteiger charge is 2.34. The van der Waals surface area contributed by atoms with Crippen LogP contribution in [0.3, 0.4) is 0 Å². The quantitative estimate of drug-likeness (QED) is 0.318. The predicted octanol–water partition coefficient (Wildman–Crippen LogP) is 4.35. The molecular formula is C22H32IN3O2S. The van der Waals surface area contributed by atoms with Crippen LogP contribution in [0.2, 0.25) is 0 Å². The van der Waals surface area contributed by atoms with Gasteiger partial charge in [0, 0.05) is 42.0 Å². The zero-order chi connectivity index (χ0) is 19.8. The fourth-order valence-electron chi connectivity index (χ4n) is 3.63. The first kappa shape index (κ1) is 24.0. The minimum Gasteiger partial charge on any atom is -0.497 e. The molecule has 160 valence electrons. The molecule has 0 unspecified atom stereocenters. The summed E-state index contributed by atoms with van der Waals surface area (Å²) in [4.78, 5) is 7.16. The van der Waals surface area contributed by atoms with Crippen molar-refractivity contribution >= 4 is 41.3 Å². The third-order valence-electron chi connectivity index (χ3n) is 5.47. The number of nitrogens with zero attached hydrogens (tertiary/aromatic N) is 1. The molecule has 7 heteroatoms. The largest absolute Gasteiger partial charge is 0.497 e. The van der Waals surface area contributed by atoms with E-state index in [2.05, 4.69) is 46.8 Å². The van der Waals surface area contributed by atoms with Gasteiger partial charge in [-0.15, -0.1) is 35.3 Å². The molecule has 1 aliphatic heterocycles. The summed E-state index contributed by atoms with van der Waals surface area (Å²) in [6, 6.07) is 12.9. The average Bonchev–Trinajstić information content (AvgIpc) is 3.23. The first-order chi connectivity index (χ1) is 13.7. The molecule has 0 bridgehead atoms. The molecule has 2 N–H and O–H groups in total. The number of aryl methyl sites for hydroxylation is 1. The number of benzene rings is 1. The van der Waals surface area contributed by atoms with E-state index >= 15 is 0 Å². The number of guanidine groups is 1. The second-order valence-corrected chi connectivity index (χ2v) is 8.37. The second kappa shape index (κ2) is 11.8. The van der Waals surface area contributed by atoms with E-state index < -0.39 is 0 Å². The number of ether oxygens (including phenoxy) is 2. The molecule has 1 aromatic carbocycles. The normalized spacial score (nSPS) is 16.0. The number of thiophene rings is 1. The lowest BCUT2D eigenvalue weighted by Gasteiger charge is -2.38. The Kier molecular flexibility index (Phi) is 9.71. The van der Waals surface area contributed by atoms with Crippen LogP contribution in [0.15, 0.2) is 41.4 Å². The summed E-state index contributed by atoms with van der Waals surface area (Å²) >= 11 is 1.86. The predicted molar refractivity (Wildman–Crippen MR) is 132 cm³/mol. The minimum atomic E-state index is 0. The van der Waals surface area contributed by atoms with Crippen LogP contribution in [0.25, 0.3) is 0 Å². The van der Waals surface area contributed by atoms with E-state index in [0.717, 1.165) is 57.3 Å². The number of hydrogen-bond acceptors (Lipinski definition) is 4. The fraction of sp³-hybridized carbons (Fsp3) is 0.500. The van der Waals surface area contributed by atoms with E-state index in [1.165, 1.54) is 15.3 Å². The minimum absolute atomic E-state index is 0. The maximum atomic E-state index is 5.65. The van der Waals surface area contributed by atoms with Crippen LogP contribution in [-0.2, 0) is 23.1 Å². The van der Waals surface area contributed by atoms with Crippen molar-refractivity contribution < 1.29 is 9.47 Å². The molecule has 0 aliphatic carbocycles. The van der Waals surface area contributed by atoms with Gasteiger partial charge in [-0.1, -0.05) is 19.1 Å². The number of hydrogen-bond donors (Lipinski definition) is 2. The monoisotopic (exact) mass is 529 g/mol. The average molecular weight is 529 g/mol. The molecule has 2 aromatic rings. The maximum absolute atomic E-state index is 5.65. The maximum Gasteiger partial charge on any atom is 0.191 e. The lowest BCUT2D eigenvalue weighted by molar-refractivity contribution is 0.0513. The van der Waals surface area contributed by atoms with Crippen LogP contribution in [-0.4, -0.2) is 39.9 Å². The van der Waals surface area contributed by atoms with Crippen molar-refractivity contribution in [2.45, 2.75) is 38.1 Å². The second-order valence-electron chi connectivity index (χ2n) is 7.12. The van der Waals surface area contributed by atoms with Gasteiger partial charge in [0.05, 0.1) is 13.7 Å². The number of halogens is 1. The Bertz CT molecular complexity index is 771. The third kappa shape index (κ3) is 6.33. The van der Waals surface area contributed by atoms with E-state index in [0.29, 0.717) is 0 Å². The Hall–Kier alpha value is -1.32. The summed E-state index contributed by atoms with van der Waals surface area (Å²) in [7, 11) is 3.53. The highest BCUT2D eigenvalue weighted by Crippen LogP contribution is 2.35. The molecular weight excluding hydrogens is 497 g/mol. The molecule has 0 radical (unpaired) electrons. The summed E-state index contributed by atoms with van der Waals surface area (Å²) in [6.07, 6.45) is 3.08. The molecule has 29 heavy (non-hydrogen) atoms. The first-order valence-corrected chi connectivity index (χ1v) is 10.7. The van der Waals surface area contributed by atoms with E-state index in [-0.39, 0.29) is 29.4 Å². The van der Waals surface area contributed by atoms with Crippen LogP contribution in [0, 0.1) is 0 Å². The van der Waals surface area contributed by atoms with Crippen LogP contribution in [0.4, 0.5) is 0 Å². The SMILES string of the molecule is CCc1ccc(CNC(=NC)NCC2(c3ccc(OC)cc3)CCOCC2)s1.I. The van der Waals surface area contributed by atoms with Crippen molar-refractivity contribution in [1.82, 2.24) is 10.6 Å². The standard InChI is InChI=1S/C22H31N3O2S.HI/c1-4-19-9-10-20(28-19)15-24-21(23-2)25-16-22(11-13-27-14-12-22)17-5-7-18(26-3)8-6-17;/h5-10H,4,11-16H2,1-3H3,(H2,23,24,25);1H. The lowest BCUT2D eigenvalue weighted by atomic mass is 9.74. The molecule has 0 amide bonds. The number of nitrogens with one attached hydrogen (secondary N) is 2. The molecule has 5 nitrogen and oxygen atoms in total. The van der Waals surface area contributed by atoms with E-state index in [1.54, 1.807) is 7.11 Å². The highest BCUT2D eigenvalue weighted by molar-refractivity contribution is 14.0. The topological polar surface area (TPSA) is 54.9 Å². The molecule has 0 atom stereocenters. The van der Waals surface area contributed by atoms with Crippen LogP contribution >= 0.6 is 35.3 Å². The van der Waals surface area contributed by atoms with Gasteiger partial charge in [0.25, 0.3) is 0 Å². The number of methoxy groups -OCH3 is 1. The molecule has 2 heterocycles. The van der Waals surface area contributed by atoms with Gasteiger partial charge in [0.15, 0.2) is 5.96 Å². The van der Waals surface area contributed by atoms with Crippen LogP contribution in [0.5, 0.6) is 5.75 Å². The molecule has 1 aliphatic rings. The summed E-state index contributed by atoms with van der Waals surface area (Å²) in [5.41, 5.74) is 1.37. The fourth-order valence-corrected chi connectivity index (χ4v) is 4.52. The lowest BCUT2D eigenvalue weighted by Crippen LogP contribution is -2.47. The van der Waals surface area contributed by atoms with Crippen LogP contribution < -0.4 is 15.4 Å². The Balaban J connectivity index is 0.00000300. The third-order valence-corrected chi connectivity index (χ3v) is 6.70. The summed E-state index contributed by atoms with van der Waals surface area (Å²) in [5.74, 6) is 1.73. The first-order valence-electron chi connectivity index (χ1n) is 9.93. The van der Waals surface area contributed by atoms with Gasteiger partial charge in [-0.25, -0.2) is 0 Å². The molecule has 1 saturated heterocycles. The summed E-state index contributed by atoms with van der Waals surface area (Å²) in [5, 5.41) is 7.00. The van der Waals surface area contributed by atoms with Crippen molar-refractivity contribution in [2.24, 2.45) is 4.99 Å². The van der Waals surface area contributed by atoms with Gasteiger partial charge < -0.3 is 20.1 Å². The molecule has 1 fully saturated rings. The zero-order valence-corrected chi connectivity index (χ0v) is 20.6. The van der Waals surface area contributed by atoms with Crippen LogP contribution in [0.1, 0.15) is 35.1 Å². The summed E-state index contributed by atoms with van der Waals surface area (Å²) < 4.78 is 11.0. The molecule has 1 aromatic heterocycles.